The molecule has 0 aromatic heterocycles. The molecule has 4 nitrogen and oxygen atoms in total. The fourth-order valence-electron chi connectivity index (χ4n) is 2.17. The maximum Gasteiger partial charge on any atom is 0.314 e. The van der Waals surface area contributed by atoms with Gasteiger partial charge in [0.25, 0.3) is 0 Å². The van der Waals surface area contributed by atoms with Gasteiger partial charge in [-0.25, -0.2) is 0 Å². The van der Waals surface area contributed by atoms with Gasteiger partial charge in [-0.15, -0.1) is 0 Å². The molecule has 0 aliphatic heterocycles. The van der Waals surface area contributed by atoms with Crippen molar-refractivity contribution < 1.29 is 14.3 Å². The van der Waals surface area contributed by atoms with Crippen LogP contribution in [-0.2, 0) is 16.0 Å². The summed E-state index contributed by atoms with van der Waals surface area (Å²) < 4.78 is 10.6. The first-order chi connectivity index (χ1) is 9.31. The summed E-state index contributed by atoms with van der Waals surface area (Å²) in [4.78, 5) is 11.6. The predicted molar refractivity (Wildman–Crippen MR) is 80.0 cm³/mol. The van der Waals surface area contributed by atoms with Gasteiger partial charge in [-0.1, -0.05) is 12.1 Å². The zero-order valence-electron chi connectivity index (χ0n) is 13.1. The van der Waals surface area contributed by atoms with E-state index in [1.54, 1.807) is 0 Å². The third-order valence-electron chi connectivity index (χ3n) is 3.27. The number of carbonyl (C=O) groups excluding carboxylic acids is 1. The molecule has 112 valence electrons. The van der Waals surface area contributed by atoms with E-state index >= 15 is 0 Å². The Morgan fingerprint density at radius 2 is 1.80 bits per heavy atom. The third-order valence-corrected chi connectivity index (χ3v) is 3.27. The van der Waals surface area contributed by atoms with Crippen molar-refractivity contribution in [3.8, 4) is 5.75 Å². The molecule has 0 amide bonds. The van der Waals surface area contributed by atoms with Crippen molar-refractivity contribution in [2.75, 3.05) is 20.3 Å². The quantitative estimate of drug-likeness (QED) is 0.812. The number of ether oxygens (including phenoxy) is 2. The number of benzene rings is 1. The first kappa shape index (κ1) is 16.5. The molecule has 0 aliphatic rings. The zero-order chi connectivity index (χ0) is 15.3. The van der Waals surface area contributed by atoms with Crippen molar-refractivity contribution in [1.82, 2.24) is 0 Å². The molecule has 1 aromatic rings. The number of aryl methyl sites for hydroxylation is 2. The molecule has 0 heterocycles. The van der Waals surface area contributed by atoms with E-state index in [4.69, 9.17) is 15.2 Å². The van der Waals surface area contributed by atoms with Gasteiger partial charge < -0.3 is 15.2 Å². The lowest BCUT2D eigenvalue weighted by molar-refractivity contribution is -0.152. The highest BCUT2D eigenvalue weighted by atomic mass is 16.5. The van der Waals surface area contributed by atoms with Crippen LogP contribution in [0.1, 0.15) is 30.5 Å². The van der Waals surface area contributed by atoms with Gasteiger partial charge in [0.15, 0.2) is 0 Å². The SMILES string of the molecule is COC(=O)C(C)(C)COc1c(C)cc(CCN)cc1C. The van der Waals surface area contributed by atoms with Gasteiger partial charge in [-0.05, 0) is 57.4 Å². The Bertz CT molecular complexity index is 458. The van der Waals surface area contributed by atoms with E-state index in [-0.39, 0.29) is 12.6 Å². The van der Waals surface area contributed by atoms with Crippen molar-refractivity contribution in [2.24, 2.45) is 11.1 Å². The van der Waals surface area contributed by atoms with Crippen LogP contribution in [0.2, 0.25) is 0 Å². The summed E-state index contributed by atoms with van der Waals surface area (Å²) in [6, 6.07) is 4.17. The Balaban J connectivity index is 2.86. The molecule has 0 radical (unpaired) electrons. The van der Waals surface area contributed by atoms with Crippen LogP contribution in [0.3, 0.4) is 0 Å². The first-order valence-corrected chi connectivity index (χ1v) is 6.83. The maximum absolute atomic E-state index is 11.6. The monoisotopic (exact) mass is 279 g/mol. The van der Waals surface area contributed by atoms with Crippen LogP contribution in [0.25, 0.3) is 0 Å². The van der Waals surface area contributed by atoms with Crippen molar-refractivity contribution in [3.05, 3.63) is 28.8 Å². The summed E-state index contributed by atoms with van der Waals surface area (Å²) >= 11 is 0. The summed E-state index contributed by atoms with van der Waals surface area (Å²) in [5.74, 6) is 0.565. The molecule has 20 heavy (non-hydrogen) atoms. The third kappa shape index (κ3) is 3.97. The second-order valence-corrected chi connectivity index (χ2v) is 5.76. The lowest BCUT2D eigenvalue weighted by Crippen LogP contribution is -2.32. The Morgan fingerprint density at radius 3 is 2.25 bits per heavy atom. The van der Waals surface area contributed by atoms with Crippen LogP contribution in [-0.4, -0.2) is 26.2 Å². The van der Waals surface area contributed by atoms with Gasteiger partial charge in [-0.3, -0.25) is 4.79 Å². The summed E-state index contributed by atoms with van der Waals surface area (Å²) in [5, 5.41) is 0. The van der Waals surface area contributed by atoms with E-state index in [1.807, 2.05) is 27.7 Å². The molecule has 0 saturated carbocycles. The van der Waals surface area contributed by atoms with E-state index in [0.717, 1.165) is 23.3 Å². The van der Waals surface area contributed by atoms with Crippen molar-refractivity contribution in [3.63, 3.8) is 0 Å². The van der Waals surface area contributed by atoms with Crippen LogP contribution in [0, 0.1) is 19.3 Å². The summed E-state index contributed by atoms with van der Waals surface area (Å²) in [6.07, 6.45) is 0.857. The predicted octanol–water partition coefficient (Wildman–Crippen LogP) is 2.38. The maximum atomic E-state index is 11.6. The van der Waals surface area contributed by atoms with Crippen molar-refractivity contribution in [1.29, 1.82) is 0 Å². The molecule has 0 fully saturated rings. The average Bonchev–Trinajstić information content (AvgIpc) is 2.37. The van der Waals surface area contributed by atoms with Crippen LogP contribution >= 0.6 is 0 Å². The van der Waals surface area contributed by atoms with Crippen molar-refractivity contribution >= 4 is 5.97 Å². The molecule has 0 saturated heterocycles. The number of methoxy groups -OCH3 is 1. The minimum atomic E-state index is -0.663. The van der Waals surface area contributed by atoms with Gasteiger partial charge in [0.2, 0.25) is 0 Å². The fourth-order valence-corrected chi connectivity index (χ4v) is 2.17. The molecule has 0 unspecified atom stereocenters. The van der Waals surface area contributed by atoms with E-state index in [9.17, 15) is 4.79 Å². The summed E-state index contributed by atoms with van der Waals surface area (Å²) in [5.41, 5.74) is 8.26. The smallest absolute Gasteiger partial charge is 0.314 e. The van der Waals surface area contributed by atoms with E-state index in [0.29, 0.717) is 6.54 Å². The summed E-state index contributed by atoms with van der Waals surface area (Å²) in [6.45, 7) is 8.56. The van der Waals surface area contributed by atoms with Gasteiger partial charge in [0.05, 0.1) is 12.5 Å². The number of esters is 1. The largest absolute Gasteiger partial charge is 0.492 e. The Labute approximate surface area is 121 Å². The Hall–Kier alpha value is -1.55. The number of nitrogens with two attached hydrogens (primary N) is 1. The number of rotatable bonds is 6. The fraction of sp³-hybridized carbons (Fsp3) is 0.562. The Morgan fingerprint density at radius 1 is 1.25 bits per heavy atom. The standard InChI is InChI=1S/C16H25NO3/c1-11-8-13(6-7-17)9-12(2)14(11)20-10-16(3,4)15(18)19-5/h8-9H,6-7,10,17H2,1-5H3. The first-order valence-electron chi connectivity index (χ1n) is 6.83. The highest BCUT2D eigenvalue weighted by Gasteiger charge is 2.30. The van der Waals surface area contributed by atoms with E-state index in [1.165, 1.54) is 12.7 Å². The lowest BCUT2D eigenvalue weighted by atomic mass is 9.95. The second kappa shape index (κ2) is 6.75. The van der Waals surface area contributed by atoms with Gasteiger partial charge in [-0.2, -0.15) is 0 Å². The van der Waals surface area contributed by atoms with Gasteiger partial charge in [0.1, 0.15) is 12.4 Å². The van der Waals surface area contributed by atoms with Crippen LogP contribution < -0.4 is 10.5 Å². The normalized spacial score (nSPS) is 11.3. The molecular formula is C16H25NO3. The van der Waals surface area contributed by atoms with Crippen LogP contribution in [0.4, 0.5) is 0 Å². The zero-order valence-corrected chi connectivity index (χ0v) is 13.1. The number of hydrogen-bond donors (Lipinski definition) is 1. The molecule has 1 aromatic carbocycles. The average molecular weight is 279 g/mol. The minimum Gasteiger partial charge on any atom is -0.492 e. The number of carbonyl (C=O) groups is 1. The second-order valence-electron chi connectivity index (χ2n) is 5.76. The van der Waals surface area contributed by atoms with E-state index < -0.39 is 5.41 Å². The van der Waals surface area contributed by atoms with Crippen LogP contribution in [0.5, 0.6) is 5.75 Å². The summed E-state index contributed by atoms with van der Waals surface area (Å²) in [7, 11) is 1.39. The number of hydrogen-bond acceptors (Lipinski definition) is 4. The molecule has 0 atom stereocenters. The molecular weight excluding hydrogens is 254 g/mol. The minimum absolute atomic E-state index is 0.271. The lowest BCUT2D eigenvalue weighted by Gasteiger charge is -2.23. The van der Waals surface area contributed by atoms with E-state index in [2.05, 4.69) is 12.1 Å². The van der Waals surface area contributed by atoms with Crippen molar-refractivity contribution in [2.45, 2.75) is 34.1 Å². The molecule has 0 spiro atoms. The van der Waals surface area contributed by atoms with Crippen LogP contribution in [0.15, 0.2) is 12.1 Å². The molecule has 1 rings (SSSR count). The molecule has 0 aliphatic carbocycles. The Kier molecular flexibility index (Phi) is 5.57. The molecule has 2 N–H and O–H groups in total. The molecule has 0 bridgehead atoms. The molecule has 4 heteroatoms. The van der Waals surface area contributed by atoms with Gasteiger partial charge in [0, 0.05) is 0 Å². The topological polar surface area (TPSA) is 61.5 Å². The van der Waals surface area contributed by atoms with Gasteiger partial charge >= 0.3 is 5.97 Å². The highest BCUT2D eigenvalue weighted by molar-refractivity contribution is 5.75. The highest BCUT2D eigenvalue weighted by Crippen LogP contribution is 2.27.